The van der Waals surface area contributed by atoms with Gasteiger partial charge < -0.3 is 0 Å². The molecule has 0 saturated carbocycles. The highest BCUT2D eigenvalue weighted by atomic mass is 14.7. The van der Waals surface area contributed by atoms with Gasteiger partial charge in [-0.05, 0) is 41.2 Å². The molecule has 2 bridgehead atoms. The number of hydrogen-bond donors (Lipinski definition) is 0. The molecule has 2 atom stereocenters. The number of H-pyrrole nitrogens is 1. The first kappa shape index (κ1) is 12.2. The van der Waals surface area contributed by atoms with Crippen LogP contribution in [0.15, 0.2) is 66.9 Å². The molecule has 0 amide bonds. The molecule has 2 unspecified atom stereocenters. The first-order valence-electron chi connectivity index (χ1n) is 8.08. The summed E-state index contributed by atoms with van der Waals surface area (Å²) in [7, 11) is 0. The lowest BCUT2D eigenvalue weighted by Gasteiger charge is -2.34. The standard InChI is InChI=1S/C21H17N/c1-2-7-15-13-20-17-9-4-3-8-16(17)19(12-14(15)6-1)18-10-5-11-22-21(18)20/h1-11,19-20H,12-13H2/p+1. The van der Waals surface area contributed by atoms with Crippen molar-refractivity contribution >= 4 is 0 Å². The molecule has 0 radical (unpaired) electrons. The largest absolute Gasteiger partial charge is 0.214 e. The minimum absolute atomic E-state index is 0.449. The highest BCUT2D eigenvalue weighted by molar-refractivity contribution is 5.53. The van der Waals surface area contributed by atoms with Gasteiger partial charge in [0, 0.05) is 17.5 Å². The Kier molecular flexibility index (Phi) is 2.51. The second kappa shape index (κ2) is 4.54. The van der Waals surface area contributed by atoms with E-state index in [-0.39, 0.29) is 0 Å². The summed E-state index contributed by atoms with van der Waals surface area (Å²) < 4.78 is 0. The first-order chi connectivity index (χ1) is 10.9. The first-order valence-corrected chi connectivity index (χ1v) is 8.08. The number of benzene rings is 2. The van der Waals surface area contributed by atoms with Crippen LogP contribution in [-0.2, 0) is 12.8 Å². The van der Waals surface area contributed by atoms with Gasteiger partial charge >= 0.3 is 0 Å². The van der Waals surface area contributed by atoms with E-state index < -0.39 is 0 Å². The second-order valence-electron chi connectivity index (χ2n) is 6.45. The Bertz CT molecular complexity index is 747. The van der Waals surface area contributed by atoms with E-state index in [2.05, 4.69) is 71.8 Å². The molecule has 3 aliphatic rings. The van der Waals surface area contributed by atoms with Crippen molar-refractivity contribution in [3.8, 4) is 0 Å². The van der Waals surface area contributed by atoms with Crippen molar-refractivity contribution in [2.75, 3.05) is 0 Å². The molecular formula is C21H18N+. The van der Waals surface area contributed by atoms with Crippen molar-refractivity contribution in [1.82, 2.24) is 0 Å². The molecule has 1 aromatic heterocycles. The minimum Gasteiger partial charge on any atom is -0.214 e. The van der Waals surface area contributed by atoms with Crippen molar-refractivity contribution in [1.29, 1.82) is 0 Å². The number of aromatic amines is 1. The van der Waals surface area contributed by atoms with E-state index in [0.717, 1.165) is 12.8 Å². The molecule has 3 aliphatic carbocycles. The number of rotatable bonds is 0. The number of nitrogens with one attached hydrogen (secondary N) is 1. The fourth-order valence-electron chi connectivity index (χ4n) is 4.36. The van der Waals surface area contributed by atoms with Gasteiger partial charge in [0.15, 0.2) is 11.9 Å². The van der Waals surface area contributed by atoms with Gasteiger partial charge in [-0.25, -0.2) is 4.98 Å². The lowest BCUT2D eigenvalue weighted by Crippen LogP contribution is -2.30. The van der Waals surface area contributed by atoms with E-state index in [9.17, 15) is 0 Å². The lowest BCUT2D eigenvalue weighted by molar-refractivity contribution is -0.393. The van der Waals surface area contributed by atoms with Crippen LogP contribution in [0.2, 0.25) is 0 Å². The third-order valence-corrected chi connectivity index (χ3v) is 5.36. The van der Waals surface area contributed by atoms with E-state index in [1.165, 1.54) is 33.5 Å². The van der Waals surface area contributed by atoms with Gasteiger partial charge in [-0.2, -0.15) is 0 Å². The van der Waals surface area contributed by atoms with Crippen LogP contribution in [0.1, 0.15) is 45.3 Å². The van der Waals surface area contributed by atoms with Crippen LogP contribution in [-0.4, -0.2) is 0 Å². The summed E-state index contributed by atoms with van der Waals surface area (Å²) in [5.41, 5.74) is 8.96. The summed E-state index contributed by atoms with van der Waals surface area (Å²) in [6, 6.07) is 22.5. The van der Waals surface area contributed by atoms with Gasteiger partial charge in [-0.15, -0.1) is 0 Å². The van der Waals surface area contributed by atoms with E-state index >= 15 is 0 Å². The molecule has 22 heavy (non-hydrogen) atoms. The minimum atomic E-state index is 0.449. The second-order valence-corrected chi connectivity index (χ2v) is 6.45. The molecule has 1 nitrogen and oxygen atoms in total. The molecule has 2 aromatic carbocycles. The third kappa shape index (κ3) is 1.62. The highest BCUT2D eigenvalue weighted by Gasteiger charge is 2.38. The van der Waals surface area contributed by atoms with Crippen molar-refractivity contribution in [3.63, 3.8) is 0 Å². The molecule has 0 fully saturated rings. The van der Waals surface area contributed by atoms with Crippen LogP contribution < -0.4 is 4.98 Å². The molecule has 6 rings (SSSR count). The Morgan fingerprint density at radius 3 is 2.00 bits per heavy atom. The Morgan fingerprint density at radius 1 is 0.636 bits per heavy atom. The molecule has 3 aromatic rings. The van der Waals surface area contributed by atoms with Gasteiger partial charge in [0.2, 0.25) is 0 Å². The quantitative estimate of drug-likeness (QED) is 0.595. The fraction of sp³-hybridized carbons (Fsp3) is 0.190. The topological polar surface area (TPSA) is 14.1 Å². The molecule has 0 aliphatic heterocycles. The van der Waals surface area contributed by atoms with Crippen LogP contribution >= 0.6 is 0 Å². The summed E-state index contributed by atoms with van der Waals surface area (Å²) in [4.78, 5) is 3.56. The van der Waals surface area contributed by atoms with Gasteiger partial charge in [-0.1, -0.05) is 48.5 Å². The summed E-state index contributed by atoms with van der Waals surface area (Å²) >= 11 is 0. The van der Waals surface area contributed by atoms with Crippen LogP contribution in [0, 0.1) is 0 Å². The van der Waals surface area contributed by atoms with Crippen LogP contribution in [0.25, 0.3) is 0 Å². The number of hydrogen-bond acceptors (Lipinski definition) is 0. The van der Waals surface area contributed by atoms with Gasteiger partial charge in [0.1, 0.15) is 0 Å². The van der Waals surface area contributed by atoms with Gasteiger partial charge in [0.05, 0.1) is 5.92 Å². The molecular weight excluding hydrogens is 266 g/mol. The zero-order valence-electron chi connectivity index (χ0n) is 12.4. The summed E-state index contributed by atoms with van der Waals surface area (Å²) in [5.74, 6) is 0.923. The molecule has 106 valence electrons. The van der Waals surface area contributed by atoms with Crippen LogP contribution in [0.5, 0.6) is 0 Å². The highest BCUT2D eigenvalue weighted by Crippen LogP contribution is 2.46. The van der Waals surface area contributed by atoms with E-state index in [0.29, 0.717) is 11.8 Å². The monoisotopic (exact) mass is 284 g/mol. The number of pyridine rings is 1. The van der Waals surface area contributed by atoms with Crippen LogP contribution in [0.4, 0.5) is 0 Å². The summed E-state index contributed by atoms with van der Waals surface area (Å²) in [6.07, 6.45) is 4.27. The molecule has 1 N–H and O–H groups in total. The predicted molar refractivity (Wildman–Crippen MR) is 87.0 cm³/mol. The summed E-state index contributed by atoms with van der Waals surface area (Å²) in [6.45, 7) is 0. The Balaban J connectivity index is 1.81. The molecule has 1 heterocycles. The fourth-order valence-corrected chi connectivity index (χ4v) is 4.36. The predicted octanol–water partition coefficient (Wildman–Crippen LogP) is 3.88. The average Bonchev–Trinajstić information content (AvgIpc) is 2.56. The van der Waals surface area contributed by atoms with Gasteiger partial charge in [-0.3, -0.25) is 0 Å². The number of aromatic nitrogens is 1. The molecule has 0 spiro atoms. The molecule has 1 heteroatoms. The third-order valence-electron chi connectivity index (χ3n) is 5.36. The van der Waals surface area contributed by atoms with Crippen molar-refractivity contribution in [2.24, 2.45) is 0 Å². The lowest BCUT2D eigenvalue weighted by atomic mass is 9.68. The Hall–Kier alpha value is -2.41. The van der Waals surface area contributed by atoms with Gasteiger partial charge in [0.25, 0.3) is 0 Å². The normalized spacial score (nSPS) is 21.3. The molecule has 0 saturated heterocycles. The van der Waals surface area contributed by atoms with Crippen LogP contribution in [0.3, 0.4) is 0 Å². The maximum absolute atomic E-state index is 3.56. The smallest absolute Gasteiger partial charge is 0.191 e. The Labute approximate surface area is 130 Å². The van der Waals surface area contributed by atoms with E-state index in [1.807, 2.05) is 0 Å². The zero-order valence-corrected chi connectivity index (χ0v) is 12.4. The summed E-state index contributed by atoms with van der Waals surface area (Å²) in [5, 5.41) is 0. The Morgan fingerprint density at radius 2 is 1.23 bits per heavy atom. The van der Waals surface area contributed by atoms with Crippen molar-refractivity contribution in [3.05, 3.63) is 100 Å². The maximum Gasteiger partial charge on any atom is 0.191 e. The van der Waals surface area contributed by atoms with E-state index in [1.54, 1.807) is 0 Å². The average molecular weight is 284 g/mol. The van der Waals surface area contributed by atoms with Crippen molar-refractivity contribution in [2.45, 2.75) is 24.7 Å². The van der Waals surface area contributed by atoms with E-state index in [4.69, 9.17) is 0 Å². The SMILES string of the molecule is c1ccc2c(c1)CC1c3ccccc3C(C2)c2[nH+]cccc21. The zero-order chi connectivity index (χ0) is 14.5. The van der Waals surface area contributed by atoms with Crippen molar-refractivity contribution < 1.29 is 4.98 Å². The maximum atomic E-state index is 3.56.